The second-order valence-electron chi connectivity index (χ2n) is 9.03. The smallest absolute Gasteiger partial charge is 0.227 e. The van der Waals surface area contributed by atoms with Gasteiger partial charge in [0.2, 0.25) is 5.88 Å². The normalized spacial score (nSPS) is 14.3. The summed E-state index contributed by atoms with van der Waals surface area (Å²) in [6.07, 6.45) is 2.72. The Hall–Kier alpha value is -2.87. The Bertz CT molecular complexity index is 1070. The van der Waals surface area contributed by atoms with E-state index in [1.807, 2.05) is 66.2 Å². The molecule has 188 valence electrons. The van der Waals surface area contributed by atoms with Crippen molar-refractivity contribution >= 4 is 0 Å². The second-order valence-corrected chi connectivity index (χ2v) is 9.03. The van der Waals surface area contributed by atoms with Gasteiger partial charge in [-0.25, -0.2) is 4.68 Å². The van der Waals surface area contributed by atoms with Crippen LogP contribution in [-0.2, 0) is 17.7 Å². The van der Waals surface area contributed by atoms with Crippen LogP contribution in [0.25, 0.3) is 5.69 Å². The summed E-state index contributed by atoms with van der Waals surface area (Å²) in [7, 11) is 1.65. The number of para-hydroxylation sites is 3. The van der Waals surface area contributed by atoms with E-state index in [9.17, 15) is 5.11 Å². The summed E-state index contributed by atoms with van der Waals surface area (Å²) in [6.45, 7) is 7.12. The molecule has 1 aliphatic rings. The molecule has 0 radical (unpaired) electrons. The molecule has 0 spiro atoms. The molecule has 4 rings (SSSR count). The number of ether oxygens (including phenoxy) is 3. The van der Waals surface area contributed by atoms with Crippen molar-refractivity contribution in [3.63, 3.8) is 0 Å². The Morgan fingerprint density at radius 1 is 1.06 bits per heavy atom. The molecule has 35 heavy (non-hydrogen) atoms. The lowest BCUT2D eigenvalue weighted by Gasteiger charge is -2.25. The Kier molecular flexibility index (Phi) is 8.79. The average Bonchev–Trinajstić information content (AvgIpc) is 3.64. The number of nitrogens with zero attached hydrogens (tertiary/aromatic N) is 3. The number of aliphatic hydroxyl groups is 1. The highest BCUT2D eigenvalue weighted by atomic mass is 16.5. The van der Waals surface area contributed by atoms with E-state index in [4.69, 9.17) is 19.3 Å². The van der Waals surface area contributed by atoms with Gasteiger partial charge >= 0.3 is 0 Å². The van der Waals surface area contributed by atoms with Crippen molar-refractivity contribution in [2.24, 2.45) is 5.92 Å². The molecule has 0 saturated heterocycles. The quantitative estimate of drug-likeness (QED) is 0.357. The van der Waals surface area contributed by atoms with Crippen LogP contribution in [0.5, 0.6) is 17.4 Å². The van der Waals surface area contributed by atoms with Crippen LogP contribution in [0.15, 0.2) is 54.6 Å². The third kappa shape index (κ3) is 6.63. The van der Waals surface area contributed by atoms with E-state index >= 15 is 0 Å². The molecule has 7 heteroatoms. The summed E-state index contributed by atoms with van der Waals surface area (Å²) in [6, 6.07) is 17.7. The first kappa shape index (κ1) is 25.2. The summed E-state index contributed by atoms with van der Waals surface area (Å²) in [5.74, 6) is 2.67. The third-order valence-corrected chi connectivity index (χ3v) is 6.21. The molecule has 2 aromatic carbocycles. The summed E-state index contributed by atoms with van der Waals surface area (Å²) >= 11 is 0. The van der Waals surface area contributed by atoms with Crippen LogP contribution in [0, 0.1) is 5.92 Å². The number of aryl methyl sites for hydroxylation is 1. The Balaban J connectivity index is 1.71. The first-order valence-corrected chi connectivity index (χ1v) is 12.6. The average molecular weight is 480 g/mol. The van der Waals surface area contributed by atoms with Gasteiger partial charge in [0, 0.05) is 26.2 Å². The Morgan fingerprint density at radius 3 is 2.43 bits per heavy atom. The maximum Gasteiger partial charge on any atom is 0.227 e. The van der Waals surface area contributed by atoms with E-state index in [1.165, 1.54) is 12.8 Å². The highest BCUT2D eigenvalue weighted by molar-refractivity contribution is 5.47. The summed E-state index contributed by atoms with van der Waals surface area (Å²) in [5, 5.41) is 15.6. The van der Waals surface area contributed by atoms with Gasteiger partial charge in [-0.2, -0.15) is 5.10 Å². The van der Waals surface area contributed by atoms with Gasteiger partial charge in [-0.05, 0) is 56.4 Å². The lowest BCUT2D eigenvalue weighted by atomic mass is 10.1. The molecule has 1 N–H and O–H groups in total. The molecular formula is C28H37N3O4. The van der Waals surface area contributed by atoms with Crippen molar-refractivity contribution in [1.82, 2.24) is 14.7 Å². The molecule has 0 unspecified atom stereocenters. The fourth-order valence-corrected chi connectivity index (χ4v) is 4.27. The van der Waals surface area contributed by atoms with Crippen LogP contribution in [0.2, 0.25) is 0 Å². The van der Waals surface area contributed by atoms with Crippen molar-refractivity contribution in [3.8, 4) is 23.1 Å². The van der Waals surface area contributed by atoms with Gasteiger partial charge in [-0.1, -0.05) is 37.3 Å². The van der Waals surface area contributed by atoms with Crippen LogP contribution in [0.4, 0.5) is 0 Å². The molecule has 1 aliphatic carbocycles. The van der Waals surface area contributed by atoms with E-state index < -0.39 is 6.10 Å². The first-order chi connectivity index (χ1) is 17.1. The van der Waals surface area contributed by atoms with E-state index in [-0.39, 0.29) is 0 Å². The maximum absolute atomic E-state index is 10.6. The molecule has 7 nitrogen and oxygen atoms in total. The second kappa shape index (κ2) is 12.2. The molecular weight excluding hydrogens is 442 g/mol. The number of aliphatic hydroxyl groups excluding tert-OH is 1. The summed E-state index contributed by atoms with van der Waals surface area (Å²) in [5.41, 5.74) is 2.95. The van der Waals surface area contributed by atoms with Gasteiger partial charge < -0.3 is 19.3 Å². The molecule has 0 bridgehead atoms. The molecule has 1 heterocycles. The van der Waals surface area contributed by atoms with Crippen molar-refractivity contribution in [3.05, 3.63) is 65.9 Å². The zero-order chi connectivity index (χ0) is 24.6. The van der Waals surface area contributed by atoms with Crippen LogP contribution in [0.3, 0.4) is 0 Å². The fourth-order valence-electron chi connectivity index (χ4n) is 4.27. The van der Waals surface area contributed by atoms with Gasteiger partial charge in [0.1, 0.15) is 0 Å². The standard InChI is InChI=1S/C28H37N3O4/c1-4-25-24(19-30(17-21-15-16-21)18-23(32)20-34-5-2)28(31(29-25)22-11-7-6-8-12-22)35-27-14-10-9-13-26(27)33-3/h6-14,21,23,32H,4-5,15-20H2,1-3H3/t23-/m0/s1. The van der Waals surface area contributed by atoms with Gasteiger partial charge in [0.05, 0.1) is 36.8 Å². The van der Waals surface area contributed by atoms with Gasteiger partial charge in [0.15, 0.2) is 11.5 Å². The van der Waals surface area contributed by atoms with E-state index in [0.29, 0.717) is 49.6 Å². The SMILES string of the molecule is CCOC[C@@H](O)CN(Cc1c(CC)nn(-c2ccccc2)c1Oc1ccccc1OC)CC1CC1. The maximum atomic E-state index is 10.6. The van der Waals surface area contributed by atoms with Crippen LogP contribution >= 0.6 is 0 Å². The van der Waals surface area contributed by atoms with Crippen LogP contribution in [0.1, 0.15) is 37.9 Å². The number of hydrogen-bond donors (Lipinski definition) is 1. The lowest BCUT2D eigenvalue weighted by molar-refractivity contribution is 0.0186. The lowest BCUT2D eigenvalue weighted by Crippen LogP contribution is -2.36. The van der Waals surface area contributed by atoms with Crippen molar-refractivity contribution in [1.29, 1.82) is 0 Å². The van der Waals surface area contributed by atoms with E-state index in [1.54, 1.807) is 7.11 Å². The largest absolute Gasteiger partial charge is 0.493 e. The number of rotatable bonds is 14. The highest BCUT2D eigenvalue weighted by Gasteiger charge is 2.29. The van der Waals surface area contributed by atoms with E-state index in [0.717, 1.165) is 29.9 Å². The minimum atomic E-state index is -0.540. The van der Waals surface area contributed by atoms with Crippen molar-refractivity contribution in [2.45, 2.75) is 45.8 Å². The summed E-state index contributed by atoms with van der Waals surface area (Å²) in [4.78, 5) is 2.32. The molecule has 1 fully saturated rings. The monoisotopic (exact) mass is 479 g/mol. The van der Waals surface area contributed by atoms with Gasteiger partial charge in [-0.15, -0.1) is 0 Å². The third-order valence-electron chi connectivity index (χ3n) is 6.21. The number of methoxy groups -OCH3 is 1. The zero-order valence-corrected chi connectivity index (χ0v) is 21.0. The summed E-state index contributed by atoms with van der Waals surface area (Å²) < 4.78 is 19.5. The molecule has 1 atom stereocenters. The van der Waals surface area contributed by atoms with Crippen LogP contribution in [-0.4, -0.2) is 59.3 Å². The molecule has 0 aliphatic heterocycles. The first-order valence-electron chi connectivity index (χ1n) is 12.6. The molecule has 0 amide bonds. The van der Waals surface area contributed by atoms with E-state index in [2.05, 4.69) is 11.8 Å². The molecule has 1 aromatic heterocycles. The minimum Gasteiger partial charge on any atom is -0.493 e. The predicted molar refractivity (Wildman–Crippen MR) is 137 cm³/mol. The van der Waals surface area contributed by atoms with Crippen molar-refractivity contribution in [2.75, 3.05) is 33.4 Å². The van der Waals surface area contributed by atoms with Crippen LogP contribution < -0.4 is 9.47 Å². The number of hydrogen-bond acceptors (Lipinski definition) is 6. The predicted octanol–water partition coefficient (Wildman–Crippen LogP) is 4.85. The Labute approximate surface area is 208 Å². The fraction of sp³-hybridized carbons (Fsp3) is 0.464. The minimum absolute atomic E-state index is 0.339. The van der Waals surface area contributed by atoms with Crippen molar-refractivity contribution < 1.29 is 19.3 Å². The number of benzene rings is 2. The topological polar surface area (TPSA) is 69.0 Å². The number of aromatic nitrogens is 2. The molecule has 1 saturated carbocycles. The molecule has 3 aromatic rings. The zero-order valence-electron chi connectivity index (χ0n) is 21.0. The highest BCUT2D eigenvalue weighted by Crippen LogP contribution is 2.37. The van der Waals surface area contributed by atoms with Gasteiger partial charge in [-0.3, -0.25) is 4.90 Å². The Morgan fingerprint density at radius 2 is 1.77 bits per heavy atom. The van der Waals surface area contributed by atoms with Gasteiger partial charge in [0.25, 0.3) is 0 Å².